The van der Waals surface area contributed by atoms with Crippen LogP contribution in [0.25, 0.3) is 0 Å². The van der Waals surface area contributed by atoms with Crippen LogP contribution in [0.1, 0.15) is 24.5 Å². The molecule has 0 unspecified atom stereocenters. The zero-order valence-electron chi connectivity index (χ0n) is 12.1. The molecule has 2 aromatic rings. The predicted octanol–water partition coefficient (Wildman–Crippen LogP) is 2.52. The van der Waals surface area contributed by atoms with Crippen LogP contribution in [-0.2, 0) is 12.8 Å². The van der Waals surface area contributed by atoms with Gasteiger partial charge in [0.25, 0.3) is 0 Å². The molecule has 2 N–H and O–H groups in total. The van der Waals surface area contributed by atoms with Gasteiger partial charge in [0.2, 0.25) is 0 Å². The van der Waals surface area contributed by atoms with E-state index in [1.54, 1.807) is 12.5 Å². The molecule has 0 spiro atoms. The van der Waals surface area contributed by atoms with Gasteiger partial charge in [-0.3, -0.25) is 4.98 Å². The van der Waals surface area contributed by atoms with Gasteiger partial charge in [-0.15, -0.1) is 0 Å². The van der Waals surface area contributed by atoms with Crippen molar-refractivity contribution in [1.29, 1.82) is 0 Å². The summed E-state index contributed by atoms with van der Waals surface area (Å²) in [7, 11) is 1.89. The average molecular weight is 271 g/mol. The molecule has 5 heteroatoms. The van der Waals surface area contributed by atoms with E-state index < -0.39 is 0 Å². The quantitative estimate of drug-likeness (QED) is 0.810. The first-order chi connectivity index (χ1) is 9.85. The monoisotopic (exact) mass is 271 g/mol. The Bertz CT molecular complexity index is 527. The molecule has 0 bridgehead atoms. The highest BCUT2D eigenvalue weighted by molar-refractivity contribution is 5.57. The minimum absolute atomic E-state index is 0.836. The molecule has 106 valence electrons. The highest BCUT2D eigenvalue weighted by Gasteiger charge is 2.09. The van der Waals surface area contributed by atoms with Crippen molar-refractivity contribution in [3.63, 3.8) is 0 Å². The fourth-order valence-electron chi connectivity index (χ4n) is 2.14. The van der Waals surface area contributed by atoms with Gasteiger partial charge in [0.15, 0.2) is 0 Å². The molecule has 20 heavy (non-hydrogen) atoms. The molecular formula is C15H21N5. The Labute approximate surface area is 119 Å². The van der Waals surface area contributed by atoms with Crippen LogP contribution in [0.5, 0.6) is 0 Å². The molecule has 0 saturated heterocycles. The standard InChI is InChI=1S/C15H21N5/c1-3-5-13-14(16-2)19-11-20-15(13)18-9-7-12-6-4-8-17-10-12/h4,6,8,10-11H,3,5,7,9H2,1-2H3,(H2,16,18,19,20). The smallest absolute Gasteiger partial charge is 0.134 e. The van der Waals surface area contributed by atoms with Crippen LogP contribution in [0.2, 0.25) is 0 Å². The maximum Gasteiger partial charge on any atom is 0.134 e. The average Bonchev–Trinajstić information content (AvgIpc) is 2.50. The SMILES string of the molecule is CCCc1c(NC)ncnc1NCCc1cccnc1. The minimum Gasteiger partial charge on any atom is -0.373 e. The normalized spacial score (nSPS) is 10.3. The van der Waals surface area contributed by atoms with Crippen molar-refractivity contribution in [1.82, 2.24) is 15.0 Å². The van der Waals surface area contributed by atoms with E-state index in [1.165, 1.54) is 5.56 Å². The summed E-state index contributed by atoms with van der Waals surface area (Å²) in [6.45, 7) is 2.99. The van der Waals surface area contributed by atoms with Gasteiger partial charge in [0, 0.05) is 31.5 Å². The molecule has 0 radical (unpaired) electrons. The van der Waals surface area contributed by atoms with E-state index in [2.05, 4.69) is 38.6 Å². The van der Waals surface area contributed by atoms with Gasteiger partial charge in [0.05, 0.1) is 0 Å². The second kappa shape index (κ2) is 7.43. The molecule has 0 aliphatic carbocycles. The van der Waals surface area contributed by atoms with Crippen molar-refractivity contribution in [3.8, 4) is 0 Å². The van der Waals surface area contributed by atoms with Gasteiger partial charge in [-0.2, -0.15) is 0 Å². The summed E-state index contributed by atoms with van der Waals surface area (Å²) in [5.74, 6) is 1.83. The van der Waals surface area contributed by atoms with Crippen molar-refractivity contribution in [2.24, 2.45) is 0 Å². The Balaban J connectivity index is 2.01. The highest BCUT2D eigenvalue weighted by Crippen LogP contribution is 2.21. The number of hydrogen-bond acceptors (Lipinski definition) is 5. The van der Waals surface area contributed by atoms with E-state index in [9.17, 15) is 0 Å². The van der Waals surface area contributed by atoms with E-state index in [-0.39, 0.29) is 0 Å². The fourth-order valence-corrected chi connectivity index (χ4v) is 2.14. The van der Waals surface area contributed by atoms with Crippen LogP contribution in [0.15, 0.2) is 30.9 Å². The molecule has 0 saturated carbocycles. The summed E-state index contributed by atoms with van der Waals surface area (Å²) < 4.78 is 0. The van der Waals surface area contributed by atoms with Crippen LogP contribution < -0.4 is 10.6 Å². The molecule has 0 aliphatic heterocycles. The molecule has 0 atom stereocenters. The van der Waals surface area contributed by atoms with Gasteiger partial charge in [0.1, 0.15) is 18.0 Å². The lowest BCUT2D eigenvalue weighted by molar-refractivity contribution is 0.894. The Morgan fingerprint density at radius 2 is 2.00 bits per heavy atom. The highest BCUT2D eigenvalue weighted by atomic mass is 15.1. The number of anilines is 2. The van der Waals surface area contributed by atoms with Crippen LogP contribution in [-0.4, -0.2) is 28.5 Å². The fraction of sp³-hybridized carbons (Fsp3) is 0.400. The first kappa shape index (κ1) is 14.2. The molecule has 0 aliphatic rings. The topological polar surface area (TPSA) is 62.7 Å². The molecule has 0 aromatic carbocycles. The molecule has 0 fully saturated rings. The zero-order valence-corrected chi connectivity index (χ0v) is 12.1. The third-order valence-electron chi connectivity index (χ3n) is 3.11. The van der Waals surface area contributed by atoms with Crippen LogP contribution >= 0.6 is 0 Å². The largest absolute Gasteiger partial charge is 0.373 e. The van der Waals surface area contributed by atoms with Crippen molar-refractivity contribution in [2.45, 2.75) is 26.2 Å². The number of aromatic nitrogens is 3. The Kier molecular flexibility index (Phi) is 5.29. The molecule has 2 rings (SSSR count). The van der Waals surface area contributed by atoms with Gasteiger partial charge in [-0.25, -0.2) is 9.97 Å². The molecule has 2 aromatic heterocycles. The van der Waals surface area contributed by atoms with Gasteiger partial charge < -0.3 is 10.6 Å². The first-order valence-electron chi connectivity index (χ1n) is 6.99. The Hall–Kier alpha value is -2.17. The lowest BCUT2D eigenvalue weighted by atomic mass is 10.1. The second-order valence-corrected chi connectivity index (χ2v) is 4.59. The number of hydrogen-bond donors (Lipinski definition) is 2. The summed E-state index contributed by atoms with van der Waals surface area (Å²) in [4.78, 5) is 12.8. The summed E-state index contributed by atoms with van der Waals surface area (Å²) in [5.41, 5.74) is 2.38. The lowest BCUT2D eigenvalue weighted by Gasteiger charge is -2.13. The van der Waals surface area contributed by atoms with Crippen LogP contribution in [0.3, 0.4) is 0 Å². The van der Waals surface area contributed by atoms with E-state index in [4.69, 9.17) is 0 Å². The van der Waals surface area contributed by atoms with Crippen molar-refractivity contribution >= 4 is 11.6 Å². The first-order valence-corrected chi connectivity index (χ1v) is 6.99. The van der Waals surface area contributed by atoms with E-state index in [1.807, 2.05) is 19.3 Å². The van der Waals surface area contributed by atoms with Crippen molar-refractivity contribution < 1.29 is 0 Å². The summed E-state index contributed by atoms with van der Waals surface area (Å²) in [5, 5.41) is 6.53. The lowest BCUT2D eigenvalue weighted by Crippen LogP contribution is -2.11. The van der Waals surface area contributed by atoms with Crippen LogP contribution in [0, 0.1) is 0 Å². The number of pyridine rings is 1. The molecule has 2 heterocycles. The third kappa shape index (κ3) is 3.66. The Morgan fingerprint density at radius 3 is 2.70 bits per heavy atom. The summed E-state index contributed by atoms with van der Waals surface area (Å²) >= 11 is 0. The second-order valence-electron chi connectivity index (χ2n) is 4.59. The zero-order chi connectivity index (χ0) is 14.2. The summed E-state index contributed by atoms with van der Waals surface area (Å²) in [6, 6.07) is 4.04. The maximum absolute atomic E-state index is 4.36. The number of rotatable bonds is 7. The third-order valence-corrected chi connectivity index (χ3v) is 3.11. The molecule has 0 amide bonds. The van der Waals surface area contributed by atoms with Gasteiger partial charge in [-0.05, 0) is 24.5 Å². The van der Waals surface area contributed by atoms with E-state index in [0.29, 0.717) is 0 Å². The van der Waals surface area contributed by atoms with Crippen molar-refractivity contribution in [3.05, 3.63) is 42.0 Å². The van der Waals surface area contributed by atoms with Gasteiger partial charge in [-0.1, -0.05) is 19.4 Å². The van der Waals surface area contributed by atoms with E-state index in [0.717, 1.165) is 43.0 Å². The predicted molar refractivity (Wildman–Crippen MR) is 82.0 cm³/mol. The molecular weight excluding hydrogens is 250 g/mol. The number of nitrogens with zero attached hydrogens (tertiary/aromatic N) is 3. The Morgan fingerprint density at radius 1 is 1.15 bits per heavy atom. The van der Waals surface area contributed by atoms with Gasteiger partial charge >= 0.3 is 0 Å². The minimum atomic E-state index is 0.836. The maximum atomic E-state index is 4.36. The van der Waals surface area contributed by atoms with Crippen LogP contribution in [0.4, 0.5) is 11.6 Å². The van der Waals surface area contributed by atoms with Crippen molar-refractivity contribution in [2.75, 3.05) is 24.2 Å². The summed E-state index contributed by atoms with van der Waals surface area (Å²) in [6.07, 6.45) is 8.24. The molecule has 5 nitrogen and oxygen atoms in total. The number of nitrogens with one attached hydrogen (secondary N) is 2. The van der Waals surface area contributed by atoms with E-state index >= 15 is 0 Å².